The van der Waals surface area contributed by atoms with Crippen LogP contribution < -0.4 is 0 Å². The third-order valence-electron chi connectivity index (χ3n) is 10.3. The van der Waals surface area contributed by atoms with Crippen molar-refractivity contribution in [3.8, 4) is 0 Å². The standard InChI is InChI=1S/C27H46/c1-19(2)9-8-10-20(3)23-14-15-24-22-13-12-21-11-6-7-17-26(21,4)25(22)16-18-27(23,24)5/h8,10,19-25H,6-7,9,11-18H2,1-5H3/b10-8+/t20?,21-,22+,23-,24+,25+,26+,27-/m1/s1. The minimum Gasteiger partial charge on any atom is -0.0880 e. The summed E-state index contributed by atoms with van der Waals surface area (Å²) in [7, 11) is 0. The van der Waals surface area contributed by atoms with Gasteiger partial charge in [-0.2, -0.15) is 0 Å². The molecule has 0 heterocycles. The summed E-state index contributed by atoms with van der Waals surface area (Å²) in [5.41, 5.74) is 1.32. The summed E-state index contributed by atoms with van der Waals surface area (Å²) in [4.78, 5) is 0. The summed E-state index contributed by atoms with van der Waals surface area (Å²) < 4.78 is 0. The van der Waals surface area contributed by atoms with Gasteiger partial charge in [-0.3, -0.25) is 0 Å². The van der Waals surface area contributed by atoms with Crippen molar-refractivity contribution in [3.63, 3.8) is 0 Å². The Bertz CT molecular complexity index is 544. The van der Waals surface area contributed by atoms with Crippen molar-refractivity contribution >= 4 is 0 Å². The van der Waals surface area contributed by atoms with Crippen molar-refractivity contribution in [2.24, 2.45) is 52.3 Å². The topological polar surface area (TPSA) is 0 Å². The van der Waals surface area contributed by atoms with Gasteiger partial charge in [0.15, 0.2) is 0 Å². The van der Waals surface area contributed by atoms with E-state index in [-0.39, 0.29) is 0 Å². The maximum Gasteiger partial charge on any atom is -0.0228 e. The molecular formula is C27H46. The quantitative estimate of drug-likeness (QED) is 0.437. The normalized spacial score (nSPS) is 48.3. The first kappa shape index (κ1) is 20.0. The van der Waals surface area contributed by atoms with Gasteiger partial charge in [-0.1, -0.05) is 59.6 Å². The predicted octanol–water partition coefficient (Wildman–Crippen LogP) is 8.27. The molecule has 0 radical (unpaired) electrons. The lowest BCUT2D eigenvalue weighted by atomic mass is 9.44. The van der Waals surface area contributed by atoms with Crippen LogP contribution in [0.4, 0.5) is 0 Å². The highest BCUT2D eigenvalue weighted by Crippen LogP contribution is 2.68. The molecule has 0 bridgehead atoms. The molecule has 4 fully saturated rings. The van der Waals surface area contributed by atoms with E-state index in [2.05, 4.69) is 46.8 Å². The summed E-state index contributed by atoms with van der Waals surface area (Å²) in [6.45, 7) is 12.6. The largest absolute Gasteiger partial charge is 0.0880 e. The van der Waals surface area contributed by atoms with Crippen LogP contribution in [-0.2, 0) is 0 Å². The SMILES string of the molecule is CC(C)C/C=C/C(C)[C@H]1CC[C@H]2[C@@H]3CC[C@H]4CCCC[C@]4(C)[C@H]3CC[C@]12C. The van der Waals surface area contributed by atoms with Crippen LogP contribution in [0.2, 0.25) is 0 Å². The van der Waals surface area contributed by atoms with E-state index in [1.165, 1.54) is 38.5 Å². The van der Waals surface area contributed by atoms with Gasteiger partial charge in [-0.05, 0) is 110 Å². The average Bonchev–Trinajstić information content (AvgIpc) is 2.98. The highest BCUT2D eigenvalue weighted by Gasteiger charge is 2.59. The van der Waals surface area contributed by atoms with E-state index in [1.54, 1.807) is 32.1 Å². The average molecular weight is 371 g/mol. The predicted molar refractivity (Wildman–Crippen MR) is 118 cm³/mol. The van der Waals surface area contributed by atoms with Crippen LogP contribution in [0.3, 0.4) is 0 Å². The lowest BCUT2D eigenvalue weighted by Gasteiger charge is -2.60. The molecule has 0 saturated heterocycles. The number of fused-ring (bicyclic) bond motifs is 5. The monoisotopic (exact) mass is 370 g/mol. The smallest absolute Gasteiger partial charge is 0.0228 e. The molecule has 4 rings (SSSR count). The Labute approximate surface area is 170 Å². The molecule has 0 spiro atoms. The van der Waals surface area contributed by atoms with E-state index in [0.29, 0.717) is 10.8 Å². The molecule has 0 heteroatoms. The number of rotatable bonds is 4. The van der Waals surface area contributed by atoms with Crippen molar-refractivity contribution < 1.29 is 0 Å². The second kappa shape index (κ2) is 7.53. The van der Waals surface area contributed by atoms with Gasteiger partial charge in [0, 0.05) is 0 Å². The van der Waals surface area contributed by atoms with Crippen molar-refractivity contribution in [2.75, 3.05) is 0 Å². The van der Waals surface area contributed by atoms with Gasteiger partial charge >= 0.3 is 0 Å². The Morgan fingerprint density at radius 3 is 2.37 bits per heavy atom. The molecule has 154 valence electrons. The minimum atomic E-state index is 0.626. The zero-order chi connectivity index (χ0) is 19.2. The van der Waals surface area contributed by atoms with Crippen molar-refractivity contribution in [1.82, 2.24) is 0 Å². The van der Waals surface area contributed by atoms with Gasteiger partial charge in [-0.25, -0.2) is 0 Å². The van der Waals surface area contributed by atoms with E-state index in [9.17, 15) is 0 Å². The summed E-state index contributed by atoms with van der Waals surface area (Å²) in [6, 6.07) is 0. The van der Waals surface area contributed by atoms with Crippen molar-refractivity contribution in [1.29, 1.82) is 0 Å². The Kier molecular flexibility index (Phi) is 5.59. The van der Waals surface area contributed by atoms with E-state index >= 15 is 0 Å². The third kappa shape index (κ3) is 3.36. The molecule has 0 aromatic heterocycles. The highest BCUT2D eigenvalue weighted by atomic mass is 14.6. The van der Waals surface area contributed by atoms with E-state index in [4.69, 9.17) is 0 Å². The lowest BCUT2D eigenvalue weighted by Crippen LogP contribution is -2.53. The van der Waals surface area contributed by atoms with Gasteiger partial charge in [-0.15, -0.1) is 0 Å². The third-order valence-corrected chi connectivity index (χ3v) is 10.3. The molecule has 4 aliphatic carbocycles. The Balaban J connectivity index is 1.50. The Morgan fingerprint density at radius 2 is 1.59 bits per heavy atom. The summed E-state index contributed by atoms with van der Waals surface area (Å²) in [5, 5.41) is 0. The maximum atomic E-state index is 2.72. The van der Waals surface area contributed by atoms with E-state index in [0.717, 1.165) is 41.4 Å². The Hall–Kier alpha value is -0.260. The molecule has 4 aliphatic rings. The van der Waals surface area contributed by atoms with Crippen molar-refractivity contribution in [2.45, 2.75) is 105 Å². The Morgan fingerprint density at radius 1 is 0.815 bits per heavy atom. The van der Waals surface area contributed by atoms with Crippen LogP contribution in [0.15, 0.2) is 12.2 Å². The molecule has 0 aromatic carbocycles. The van der Waals surface area contributed by atoms with Crippen LogP contribution >= 0.6 is 0 Å². The molecular weight excluding hydrogens is 324 g/mol. The van der Waals surface area contributed by atoms with Crippen LogP contribution in [0.25, 0.3) is 0 Å². The van der Waals surface area contributed by atoms with Crippen molar-refractivity contribution in [3.05, 3.63) is 12.2 Å². The first-order chi connectivity index (χ1) is 12.9. The fourth-order valence-corrected chi connectivity index (χ4v) is 8.90. The summed E-state index contributed by atoms with van der Waals surface area (Å²) >= 11 is 0. The van der Waals surface area contributed by atoms with Gasteiger partial charge in [0.25, 0.3) is 0 Å². The van der Waals surface area contributed by atoms with Crippen LogP contribution in [0, 0.1) is 52.3 Å². The first-order valence-corrected chi connectivity index (χ1v) is 12.5. The molecule has 8 atom stereocenters. The van der Waals surface area contributed by atoms with Gasteiger partial charge in [0.2, 0.25) is 0 Å². The fourth-order valence-electron chi connectivity index (χ4n) is 8.90. The zero-order valence-corrected chi connectivity index (χ0v) is 19.0. The lowest BCUT2D eigenvalue weighted by molar-refractivity contribution is -0.112. The van der Waals surface area contributed by atoms with Gasteiger partial charge < -0.3 is 0 Å². The fraction of sp³-hybridized carbons (Fsp3) is 0.926. The van der Waals surface area contributed by atoms with E-state index in [1.807, 2.05) is 0 Å². The molecule has 1 unspecified atom stereocenters. The van der Waals surface area contributed by atoms with Crippen LogP contribution in [0.5, 0.6) is 0 Å². The molecule has 4 saturated carbocycles. The molecule has 0 aromatic rings. The second-order valence-electron chi connectivity index (χ2n) is 12.0. The van der Waals surface area contributed by atoms with Crippen LogP contribution in [0.1, 0.15) is 105 Å². The molecule has 0 N–H and O–H groups in total. The number of hydrogen-bond donors (Lipinski definition) is 0. The second-order valence-corrected chi connectivity index (χ2v) is 12.0. The summed E-state index contributed by atoms with van der Waals surface area (Å²) in [6.07, 6.45) is 21.7. The molecule has 0 nitrogen and oxygen atoms in total. The molecule has 0 amide bonds. The highest BCUT2D eigenvalue weighted by molar-refractivity contribution is 5.10. The first-order valence-electron chi connectivity index (χ1n) is 12.5. The number of hydrogen-bond acceptors (Lipinski definition) is 0. The zero-order valence-electron chi connectivity index (χ0n) is 19.0. The van der Waals surface area contributed by atoms with Gasteiger partial charge in [0.1, 0.15) is 0 Å². The minimum absolute atomic E-state index is 0.626. The van der Waals surface area contributed by atoms with E-state index < -0.39 is 0 Å². The van der Waals surface area contributed by atoms with Gasteiger partial charge in [0.05, 0.1) is 0 Å². The summed E-state index contributed by atoms with van der Waals surface area (Å²) in [5.74, 6) is 6.71. The molecule has 27 heavy (non-hydrogen) atoms. The maximum absolute atomic E-state index is 2.72. The van der Waals surface area contributed by atoms with Crippen LogP contribution in [-0.4, -0.2) is 0 Å². The number of allylic oxidation sites excluding steroid dienone is 2. The molecule has 0 aliphatic heterocycles.